The quantitative estimate of drug-likeness (QED) is 0.865. The summed E-state index contributed by atoms with van der Waals surface area (Å²) in [7, 11) is 0. The van der Waals surface area contributed by atoms with E-state index in [1.807, 2.05) is 12.1 Å². The van der Waals surface area contributed by atoms with Gasteiger partial charge in [-0.05, 0) is 51.4 Å². The lowest BCUT2D eigenvalue weighted by molar-refractivity contribution is 0.587. The first-order valence-electron chi connectivity index (χ1n) is 6.13. The molecule has 1 heterocycles. The van der Waals surface area contributed by atoms with Crippen LogP contribution < -0.4 is 5.73 Å². The SMILES string of the molecule is CC(C)n1c(CCCN)cc2c(F)cccc21. The zero-order valence-electron chi connectivity index (χ0n) is 10.4. The van der Waals surface area contributed by atoms with Crippen molar-refractivity contribution in [2.75, 3.05) is 6.54 Å². The van der Waals surface area contributed by atoms with Gasteiger partial charge in [-0.3, -0.25) is 0 Å². The highest BCUT2D eigenvalue weighted by atomic mass is 19.1. The summed E-state index contributed by atoms with van der Waals surface area (Å²) in [5.41, 5.74) is 7.69. The molecule has 0 aliphatic rings. The standard InChI is InChI=1S/C14H19FN2/c1-10(2)17-11(5-4-8-16)9-12-13(15)6-3-7-14(12)17/h3,6-7,9-10H,4-5,8,16H2,1-2H3. The molecule has 0 saturated carbocycles. The van der Waals surface area contributed by atoms with Gasteiger partial charge in [0.05, 0.1) is 5.52 Å². The Hall–Kier alpha value is -1.35. The highest BCUT2D eigenvalue weighted by molar-refractivity contribution is 5.82. The Morgan fingerprint density at radius 1 is 1.35 bits per heavy atom. The summed E-state index contributed by atoms with van der Waals surface area (Å²) in [6.07, 6.45) is 1.84. The number of halogens is 1. The third-order valence-electron chi connectivity index (χ3n) is 3.06. The number of nitrogens with two attached hydrogens (primary N) is 1. The number of nitrogens with zero attached hydrogens (tertiary/aromatic N) is 1. The lowest BCUT2D eigenvalue weighted by Crippen LogP contribution is -2.08. The molecule has 0 fully saturated rings. The monoisotopic (exact) mass is 234 g/mol. The summed E-state index contributed by atoms with van der Waals surface area (Å²) in [6.45, 7) is 4.91. The van der Waals surface area contributed by atoms with Gasteiger partial charge in [0.2, 0.25) is 0 Å². The van der Waals surface area contributed by atoms with Crippen molar-refractivity contribution >= 4 is 10.9 Å². The van der Waals surface area contributed by atoms with Crippen molar-refractivity contribution in [2.24, 2.45) is 5.73 Å². The van der Waals surface area contributed by atoms with Gasteiger partial charge in [0.25, 0.3) is 0 Å². The second kappa shape index (κ2) is 4.88. The first-order chi connectivity index (χ1) is 8.15. The fourth-order valence-corrected chi connectivity index (χ4v) is 2.36. The molecular formula is C14H19FN2. The molecule has 0 unspecified atom stereocenters. The van der Waals surface area contributed by atoms with Crippen LogP contribution in [-0.4, -0.2) is 11.1 Å². The van der Waals surface area contributed by atoms with E-state index in [4.69, 9.17) is 5.73 Å². The molecule has 17 heavy (non-hydrogen) atoms. The molecule has 2 rings (SSSR count). The minimum Gasteiger partial charge on any atom is -0.342 e. The molecule has 0 atom stereocenters. The fraction of sp³-hybridized carbons (Fsp3) is 0.429. The Balaban J connectivity index is 2.58. The Labute approximate surface area is 101 Å². The van der Waals surface area contributed by atoms with Crippen LogP contribution in [0.3, 0.4) is 0 Å². The Morgan fingerprint density at radius 3 is 2.76 bits per heavy atom. The molecule has 1 aromatic heterocycles. The van der Waals surface area contributed by atoms with Gasteiger partial charge in [-0.2, -0.15) is 0 Å². The van der Waals surface area contributed by atoms with Crippen LogP contribution in [0.2, 0.25) is 0 Å². The second-order valence-corrected chi connectivity index (χ2v) is 4.66. The summed E-state index contributed by atoms with van der Waals surface area (Å²) < 4.78 is 15.9. The Bertz CT molecular complexity index is 514. The molecule has 0 aliphatic heterocycles. The molecule has 0 aliphatic carbocycles. The molecule has 2 aromatic rings. The second-order valence-electron chi connectivity index (χ2n) is 4.66. The number of fused-ring (bicyclic) bond motifs is 1. The maximum Gasteiger partial charge on any atom is 0.132 e. The predicted octanol–water partition coefficient (Wildman–Crippen LogP) is 3.25. The molecular weight excluding hydrogens is 215 g/mol. The molecule has 0 amide bonds. The number of aryl methyl sites for hydroxylation is 1. The van der Waals surface area contributed by atoms with Crippen molar-refractivity contribution in [1.29, 1.82) is 0 Å². The smallest absolute Gasteiger partial charge is 0.132 e. The third kappa shape index (κ3) is 2.20. The molecule has 92 valence electrons. The van der Waals surface area contributed by atoms with E-state index in [9.17, 15) is 4.39 Å². The number of hydrogen-bond acceptors (Lipinski definition) is 1. The van der Waals surface area contributed by atoms with E-state index in [2.05, 4.69) is 18.4 Å². The van der Waals surface area contributed by atoms with Gasteiger partial charge in [-0.15, -0.1) is 0 Å². The molecule has 1 aromatic carbocycles. The summed E-state index contributed by atoms with van der Waals surface area (Å²) in [5, 5.41) is 0.716. The number of rotatable bonds is 4. The summed E-state index contributed by atoms with van der Waals surface area (Å²) >= 11 is 0. The first-order valence-corrected chi connectivity index (χ1v) is 6.13. The van der Waals surface area contributed by atoms with E-state index in [1.54, 1.807) is 6.07 Å². The maximum atomic E-state index is 13.7. The zero-order chi connectivity index (χ0) is 12.4. The van der Waals surface area contributed by atoms with E-state index in [1.165, 1.54) is 11.8 Å². The normalized spacial score (nSPS) is 11.6. The van der Waals surface area contributed by atoms with Crippen molar-refractivity contribution in [1.82, 2.24) is 4.57 Å². The Morgan fingerprint density at radius 2 is 2.12 bits per heavy atom. The fourth-order valence-electron chi connectivity index (χ4n) is 2.36. The average molecular weight is 234 g/mol. The van der Waals surface area contributed by atoms with Crippen LogP contribution >= 0.6 is 0 Å². The summed E-state index contributed by atoms with van der Waals surface area (Å²) in [5.74, 6) is -0.143. The summed E-state index contributed by atoms with van der Waals surface area (Å²) in [6, 6.07) is 7.55. The molecule has 0 bridgehead atoms. The first kappa shape index (κ1) is 12.1. The van der Waals surface area contributed by atoms with Crippen LogP contribution in [0.4, 0.5) is 4.39 Å². The molecule has 2 N–H and O–H groups in total. The summed E-state index contributed by atoms with van der Waals surface area (Å²) in [4.78, 5) is 0. The number of aromatic nitrogens is 1. The topological polar surface area (TPSA) is 30.9 Å². The zero-order valence-corrected chi connectivity index (χ0v) is 10.4. The predicted molar refractivity (Wildman–Crippen MR) is 69.7 cm³/mol. The van der Waals surface area contributed by atoms with Crippen LogP contribution in [0.15, 0.2) is 24.3 Å². The minimum absolute atomic E-state index is 0.143. The van der Waals surface area contributed by atoms with Crippen LogP contribution in [0.5, 0.6) is 0 Å². The van der Waals surface area contributed by atoms with Gasteiger partial charge in [0.15, 0.2) is 0 Å². The van der Waals surface area contributed by atoms with Crippen molar-refractivity contribution in [3.8, 4) is 0 Å². The Kier molecular flexibility index (Phi) is 3.48. The van der Waals surface area contributed by atoms with Gasteiger partial charge in [0.1, 0.15) is 5.82 Å². The van der Waals surface area contributed by atoms with Crippen LogP contribution in [0.1, 0.15) is 32.0 Å². The average Bonchev–Trinajstić information content (AvgIpc) is 2.66. The van der Waals surface area contributed by atoms with E-state index in [0.717, 1.165) is 18.4 Å². The van der Waals surface area contributed by atoms with Crippen LogP contribution in [0, 0.1) is 5.82 Å². The largest absolute Gasteiger partial charge is 0.342 e. The molecule has 3 heteroatoms. The van der Waals surface area contributed by atoms with Gasteiger partial charge in [0, 0.05) is 17.1 Å². The van der Waals surface area contributed by atoms with Crippen molar-refractivity contribution < 1.29 is 4.39 Å². The lowest BCUT2D eigenvalue weighted by atomic mass is 10.2. The molecule has 0 saturated heterocycles. The number of benzene rings is 1. The minimum atomic E-state index is -0.143. The number of hydrogen-bond donors (Lipinski definition) is 1. The van der Waals surface area contributed by atoms with E-state index in [0.29, 0.717) is 18.0 Å². The highest BCUT2D eigenvalue weighted by Crippen LogP contribution is 2.26. The van der Waals surface area contributed by atoms with Gasteiger partial charge in [-0.1, -0.05) is 6.07 Å². The van der Waals surface area contributed by atoms with Crippen LogP contribution in [0.25, 0.3) is 10.9 Å². The van der Waals surface area contributed by atoms with E-state index in [-0.39, 0.29) is 5.82 Å². The van der Waals surface area contributed by atoms with E-state index >= 15 is 0 Å². The maximum absolute atomic E-state index is 13.7. The molecule has 0 radical (unpaired) electrons. The van der Waals surface area contributed by atoms with Gasteiger partial charge >= 0.3 is 0 Å². The third-order valence-corrected chi connectivity index (χ3v) is 3.06. The molecule has 0 spiro atoms. The van der Waals surface area contributed by atoms with Gasteiger partial charge in [-0.25, -0.2) is 4.39 Å². The van der Waals surface area contributed by atoms with Gasteiger partial charge < -0.3 is 10.3 Å². The lowest BCUT2D eigenvalue weighted by Gasteiger charge is -2.14. The van der Waals surface area contributed by atoms with Crippen molar-refractivity contribution in [3.05, 3.63) is 35.8 Å². The van der Waals surface area contributed by atoms with Crippen molar-refractivity contribution in [2.45, 2.75) is 32.7 Å². The van der Waals surface area contributed by atoms with Crippen LogP contribution in [-0.2, 0) is 6.42 Å². The van der Waals surface area contributed by atoms with E-state index < -0.39 is 0 Å². The highest BCUT2D eigenvalue weighted by Gasteiger charge is 2.13. The van der Waals surface area contributed by atoms with Crippen molar-refractivity contribution in [3.63, 3.8) is 0 Å². The molecule has 2 nitrogen and oxygen atoms in total.